The summed E-state index contributed by atoms with van der Waals surface area (Å²) in [5.74, 6) is 0.539. The van der Waals surface area contributed by atoms with Gasteiger partial charge in [0.05, 0.1) is 25.2 Å². The van der Waals surface area contributed by atoms with Crippen LogP contribution < -0.4 is 14.8 Å². The van der Waals surface area contributed by atoms with Crippen molar-refractivity contribution in [1.82, 2.24) is 10.3 Å². The van der Waals surface area contributed by atoms with Gasteiger partial charge in [0, 0.05) is 17.5 Å². The van der Waals surface area contributed by atoms with Gasteiger partial charge in [0.25, 0.3) is 0 Å². The summed E-state index contributed by atoms with van der Waals surface area (Å²) >= 11 is 1.35. The summed E-state index contributed by atoms with van der Waals surface area (Å²) in [5.41, 5.74) is 1.25. The number of nitrogens with zero attached hydrogens (tertiary/aromatic N) is 1. The molecule has 7 nitrogen and oxygen atoms in total. The first-order valence-electron chi connectivity index (χ1n) is 9.13. The number of sulfone groups is 1. The van der Waals surface area contributed by atoms with Gasteiger partial charge >= 0.3 is 0 Å². The molecule has 1 saturated carbocycles. The van der Waals surface area contributed by atoms with Crippen molar-refractivity contribution in [3.63, 3.8) is 0 Å². The van der Waals surface area contributed by atoms with Crippen molar-refractivity contribution in [2.45, 2.75) is 25.5 Å². The fourth-order valence-electron chi connectivity index (χ4n) is 2.69. The second-order valence-electron chi connectivity index (χ2n) is 6.72. The van der Waals surface area contributed by atoms with Gasteiger partial charge in [-0.15, -0.1) is 11.3 Å². The lowest BCUT2D eigenvalue weighted by molar-refractivity contribution is -0.118. The summed E-state index contributed by atoms with van der Waals surface area (Å²) in [7, 11) is -2.00. The van der Waals surface area contributed by atoms with Crippen molar-refractivity contribution in [1.29, 1.82) is 0 Å². The third-order valence-corrected chi connectivity index (χ3v) is 6.64. The first kappa shape index (κ1) is 20.6. The number of thiazole rings is 1. The minimum atomic E-state index is -3.57. The number of aromatic nitrogens is 1. The second kappa shape index (κ2) is 8.91. The lowest BCUT2D eigenvalue weighted by Crippen LogP contribution is -2.32. The largest absolute Gasteiger partial charge is 0.493 e. The molecule has 28 heavy (non-hydrogen) atoms. The molecule has 0 unspecified atom stereocenters. The molecule has 0 aliphatic heterocycles. The van der Waals surface area contributed by atoms with Gasteiger partial charge in [-0.2, -0.15) is 0 Å². The predicted molar refractivity (Wildman–Crippen MR) is 108 cm³/mol. The van der Waals surface area contributed by atoms with E-state index in [-0.39, 0.29) is 5.75 Å². The highest BCUT2D eigenvalue weighted by atomic mass is 32.2. The van der Waals surface area contributed by atoms with Crippen molar-refractivity contribution < 1.29 is 22.7 Å². The maximum atomic E-state index is 12.3. The van der Waals surface area contributed by atoms with Crippen LogP contribution in [0.5, 0.6) is 11.5 Å². The van der Waals surface area contributed by atoms with Crippen LogP contribution in [0.2, 0.25) is 0 Å². The number of carbonyl (C=O) groups excluding carboxylic acids is 1. The molecule has 1 N–H and O–H groups in total. The van der Waals surface area contributed by atoms with Gasteiger partial charge in [0.15, 0.2) is 21.3 Å². The number of nitrogens with one attached hydrogen (secondary N) is 1. The molecular weight excluding hydrogens is 400 g/mol. The number of benzene rings is 1. The molecule has 1 aliphatic carbocycles. The van der Waals surface area contributed by atoms with Gasteiger partial charge in [-0.25, -0.2) is 13.4 Å². The SMILES string of the molecule is CCOc1ccc(-c2nc(CS(=O)(=O)CC(=O)NCC3CC3)cs2)cc1OC. The number of hydrogen-bond donors (Lipinski definition) is 1. The molecule has 0 atom stereocenters. The van der Waals surface area contributed by atoms with E-state index in [4.69, 9.17) is 9.47 Å². The lowest BCUT2D eigenvalue weighted by Gasteiger charge is -2.09. The molecule has 152 valence electrons. The summed E-state index contributed by atoms with van der Waals surface area (Å²) in [6.07, 6.45) is 2.20. The molecule has 1 aromatic carbocycles. The van der Waals surface area contributed by atoms with Gasteiger partial charge in [-0.1, -0.05) is 0 Å². The number of hydrogen-bond acceptors (Lipinski definition) is 7. The van der Waals surface area contributed by atoms with Crippen LogP contribution in [0.1, 0.15) is 25.5 Å². The van der Waals surface area contributed by atoms with Crippen molar-refractivity contribution in [2.75, 3.05) is 26.0 Å². The normalized spacial score (nSPS) is 13.9. The van der Waals surface area contributed by atoms with E-state index >= 15 is 0 Å². The smallest absolute Gasteiger partial charge is 0.235 e. The third kappa shape index (κ3) is 5.68. The highest BCUT2D eigenvalue weighted by Crippen LogP contribution is 2.34. The van der Waals surface area contributed by atoms with Gasteiger partial charge in [0.2, 0.25) is 5.91 Å². The van der Waals surface area contributed by atoms with E-state index in [9.17, 15) is 13.2 Å². The Bertz CT molecular complexity index is 936. The zero-order valence-electron chi connectivity index (χ0n) is 15.9. The fraction of sp³-hybridized carbons (Fsp3) is 0.474. The Morgan fingerprint density at radius 1 is 1.32 bits per heavy atom. The Hall–Kier alpha value is -2.13. The molecular formula is C19H24N2O5S2. The molecule has 0 spiro atoms. The van der Waals surface area contributed by atoms with Crippen LogP contribution in [0.25, 0.3) is 10.6 Å². The van der Waals surface area contributed by atoms with Crippen molar-refractivity contribution in [3.8, 4) is 22.1 Å². The Morgan fingerprint density at radius 3 is 2.79 bits per heavy atom. The van der Waals surface area contributed by atoms with E-state index < -0.39 is 21.5 Å². The Kier molecular flexibility index (Phi) is 6.56. The highest BCUT2D eigenvalue weighted by molar-refractivity contribution is 7.91. The van der Waals surface area contributed by atoms with E-state index in [2.05, 4.69) is 10.3 Å². The van der Waals surface area contributed by atoms with Crippen molar-refractivity contribution >= 4 is 27.1 Å². The molecule has 1 aromatic heterocycles. The minimum absolute atomic E-state index is 0.255. The Balaban J connectivity index is 1.65. The predicted octanol–water partition coefficient (Wildman–Crippen LogP) is 2.66. The van der Waals surface area contributed by atoms with Crippen LogP contribution >= 0.6 is 11.3 Å². The molecule has 2 aromatic rings. The van der Waals surface area contributed by atoms with Crippen LogP contribution in [0, 0.1) is 5.92 Å². The first-order valence-corrected chi connectivity index (χ1v) is 11.8. The quantitative estimate of drug-likeness (QED) is 0.630. The topological polar surface area (TPSA) is 94.6 Å². The second-order valence-corrected chi connectivity index (χ2v) is 9.64. The van der Waals surface area contributed by atoms with Crippen molar-refractivity contribution in [3.05, 3.63) is 29.3 Å². The van der Waals surface area contributed by atoms with E-state index in [1.807, 2.05) is 19.1 Å². The zero-order valence-corrected chi connectivity index (χ0v) is 17.6. The monoisotopic (exact) mass is 424 g/mol. The maximum absolute atomic E-state index is 12.3. The molecule has 1 aliphatic rings. The molecule has 0 radical (unpaired) electrons. The molecule has 9 heteroatoms. The fourth-order valence-corrected chi connectivity index (χ4v) is 4.81. The van der Waals surface area contributed by atoms with Gasteiger partial charge in [-0.3, -0.25) is 4.79 Å². The van der Waals surface area contributed by atoms with E-state index in [1.165, 1.54) is 11.3 Å². The Morgan fingerprint density at radius 2 is 2.11 bits per heavy atom. The van der Waals surface area contributed by atoms with Crippen LogP contribution in [0.4, 0.5) is 0 Å². The minimum Gasteiger partial charge on any atom is -0.493 e. The van der Waals surface area contributed by atoms with E-state index in [0.29, 0.717) is 41.3 Å². The van der Waals surface area contributed by atoms with Crippen molar-refractivity contribution in [2.24, 2.45) is 5.92 Å². The summed E-state index contributed by atoms with van der Waals surface area (Å²) < 4.78 is 35.5. The average Bonchev–Trinajstić information content (AvgIpc) is 3.38. The van der Waals surface area contributed by atoms with Crippen LogP contribution in [-0.2, 0) is 20.4 Å². The van der Waals surface area contributed by atoms with Gasteiger partial charge < -0.3 is 14.8 Å². The Labute approximate surface area is 169 Å². The number of ether oxygens (including phenoxy) is 2. The van der Waals surface area contributed by atoms with E-state index in [0.717, 1.165) is 18.4 Å². The summed E-state index contributed by atoms with van der Waals surface area (Å²) in [5, 5.41) is 5.08. The zero-order chi connectivity index (χ0) is 20.1. The summed E-state index contributed by atoms with van der Waals surface area (Å²) in [4.78, 5) is 16.2. The maximum Gasteiger partial charge on any atom is 0.235 e. The molecule has 3 rings (SSSR count). The van der Waals surface area contributed by atoms with E-state index in [1.54, 1.807) is 18.6 Å². The molecule has 1 amide bonds. The average molecular weight is 425 g/mol. The van der Waals surface area contributed by atoms with Crippen LogP contribution in [0.15, 0.2) is 23.6 Å². The molecule has 0 saturated heterocycles. The number of rotatable bonds is 10. The molecule has 0 bridgehead atoms. The lowest BCUT2D eigenvalue weighted by atomic mass is 10.2. The highest BCUT2D eigenvalue weighted by Gasteiger charge is 2.24. The van der Waals surface area contributed by atoms with Gasteiger partial charge in [0.1, 0.15) is 10.8 Å². The first-order chi connectivity index (χ1) is 13.4. The summed E-state index contributed by atoms with van der Waals surface area (Å²) in [6, 6.07) is 5.48. The number of carbonyl (C=O) groups is 1. The number of amides is 1. The van der Waals surface area contributed by atoms with Crippen LogP contribution in [-0.4, -0.2) is 45.3 Å². The van der Waals surface area contributed by atoms with Gasteiger partial charge in [-0.05, 0) is 43.9 Å². The van der Waals surface area contributed by atoms with Crippen LogP contribution in [0.3, 0.4) is 0 Å². The molecule has 1 fully saturated rings. The standard InChI is InChI=1S/C19H24N2O5S2/c1-3-26-16-7-6-14(8-17(16)25-2)19-21-15(10-27-19)11-28(23,24)12-18(22)20-9-13-4-5-13/h6-8,10,13H,3-5,9,11-12H2,1-2H3,(H,20,22). The summed E-state index contributed by atoms with van der Waals surface area (Å²) in [6.45, 7) is 2.99. The molecule has 1 heterocycles. The third-order valence-electron chi connectivity index (χ3n) is 4.27. The number of methoxy groups -OCH3 is 1.